The number of hydrogen-bond acceptors (Lipinski definition) is 3. The van der Waals surface area contributed by atoms with Gasteiger partial charge in [-0.15, -0.1) is 0 Å². The number of carbonyl (C=O) groups is 2. The van der Waals surface area contributed by atoms with Crippen molar-refractivity contribution in [2.45, 2.75) is 12.8 Å². The number of piperidine rings is 1. The molecular formula is C20H21FN2O3. The van der Waals surface area contributed by atoms with Crippen LogP contribution < -0.4 is 10.1 Å². The molecule has 1 N–H and O–H groups in total. The van der Waals surface area contributed by atoms with E-state index in [0.717, 1.165) is 18.5 Å². The number of nitrogens with zero attached hydrogens (tertiary/aromatic N) is 1. The largest absolute Gasteiger partial charge is 0.481 e. The summed E-state index contributed by atoms with van der Waals surface area (Å²) in [6, 6.07) is 15.2. The Morgan fingerprint density at radius 2 is 1.85 bits per heavy atom. The third-order valence-corrected chi connectivity index (χ3v) is 4.37. The molecule has 0 bridgehead atoms. The van der Waals surface area contributed by atoms with Crippen LogP contribution >= 0.6 is 0 Å². The van der Waals surface area contributed by atoms with E-state index in [0.29, 0.717) is 13.1 Å². The Hall–Kier alpha value is -2.89. The van der Waals surface area contributed by atoms with Crippen LogP contribution in [0, 0.1) is 11.7 Å². The molecule has 6 heteroatoms. The van der Waals surface area contributed by atoms with Crippen molar-refractivity contribution in [3.8, 4) is 5.75 Å². The van der Waals surface area contributed by atoms with Crippen LogP contribution in [0.15, 0.2) is 54.6 Å². The number of carbonyl (C=O) groups excluding carboxylic acids is 2. The summed E-state index contributed by atoms with van der Waals surface area (Å²) in [4.78, 5) is 26.4. The van der Waals surface area contributed by atoms with Gasteiger partial charge in [-0.2, -0.15) is 0 Å². The summed E-state index contributed by atoms with van der Waals surface area (Å²) in [5, 5.41) is 2.88. The Labute approximate surface area is 151 Å². The summed E-state index contributed by atoms with van der Waals surface area (Å²) in [6.07, 6.45) is 1.48. The highest BCUT2D eigenvalue weighted by atomic mass is 19.1. The number of hydrogen-bond donors (Lipinski definition) is 1. The molecule has 26 heavy (non-hydrogen) atoms. The molecular weight excluding hydrogens is 335 g/mol. The normalized spacial score (nSPS) is 16.8. The molecule has 2 aromatic rings. The van der Waals surface area contributed by atoms with Gasteiger partial charge in [-0.3, -0.25) is 9.59 Å². The standard InChI is InChI=1S/C20H21FN2O3/c21-17-10-4-5-11-18(17)26-14-19(24)23-12-6-7-15(13-23)20(25)22-16-8-2-1-3-9-16/h1-5,8-11,15H,6-7,12-14H2,(H,22,25)/t15-/m0/s1. The fraction of sp³-hybridized carbons (Fsp3) is 0.300. The maximum Gasteiger partial charge on any atom is 0.260 e. The fourth-order valence-electron chi connectivity index (χ4n) is 2.98. The van der Waals surface area contributed by atoms with Crippen molar-refractivity contribution in [3.05, 3.63) is 60.4 Å². The lowest BCUT2D eigenvalue weighted by Gasteiger charge is -2.32. The predicted molar refractivity (Wildman–Crippen MR) is 96.3 cm³/mol. The molecule has 2 amide bonds. The molecule has 3 rings (SSSR count). The monoisotopic (exact) mass is 356 g/mol. The van der Waals surface area contributed by atoms with E-state index in [4.69, 9.17) is 4.74 Å². The Morgan fingerprint density at radius 3 is 2.62 bits per heavy atom. The minimum atomic E-state index is -0.501. The van der Waals surface area contributed by atoms with Gasteiger partial charge in [-0.25, -0.2) is 4.39 Å². The van der Waals surface area contributed by atoms with Crippen molar-refractivity contribution in [1.29, 1.82) is 0 Å². The molecule has 1 saturated heterocycles. The molecule has 0 radical (unpaired) electrons. The van der Waals surface area contributed by atoms with Crippen molar-refractivity contribution in [3.63, 3.8) is 0 Å². The van der Waals surface area contributed by atoms with E-state index in [9.17, 15) is 14.0 Å². The molecule has 0 aliphatic carbocycles. The first-order valence-corrected chi connectivity index (χ1v) is 8.64. The summed E-state index contributed by atoms with van der Waals surface area (Å²) < 4.78 is 18.8. The third kappa shape index (κ3) is 4.59. The second-order valence-corrected chi connectivity index (χ2v) is 6.25. The van der Waals surface area contributed by atoms with E-state index in [-0.39, 0.29) is 30.1 Å². The second kappa shape index (κ2) is 8.47. The number of halogens is 1. The van der Waals surface area contributed by atoms with Crippen LogP contribution in [0.3, 0.4) is 0 Å². The molecule has 5 nitrogen and oxygen atoms in total. The molecule has 0 spiro atoms. The topological polar surface area (TPSA) is 58.6 Å². The Morgan fingerprint density at radius 1 is 1.12 bits per heavy atom. The molecule has 136 valence electrons. The van der Waals surface area contributed by atoms with E-state index in [1.54, 1.807) is 17.0 Å². The van der Waals surface area contributed by atoms with Crippen LogP contribution in [-0.4, -0.2) is 36.4 Å². The first kappa shape index (κ1) is 17.9. The van der Waals surface area contributed by atoms with Crippen molar-refractivity contribution < 1.29 is 18.7 Å². The smallest absolute Gasteiger partial charge is 0.260 e. The molecule has 0 aromatic heterocycles. The lowest BCUT2D eigenvalue weighted by atomic mass is 9.97. The zero-order valence-electron chi connectivity index (χ0n) is 14.4. The van der Waals surface area contributed by atoms with Gasteiger partial charge >= 0.3 is 0 Å². The molecule has 1 aliphatic rings. The maximum atomic E-state index is 13.6. The molecule has 2 aromatic carbocycles. The van der Waals surface area contributed by atoms with Crippen LogP contribution in [0.25, 0.3) is 0 Å². The number of nitrogens with one attached hydrogen (secondary N) is 1. The summed E-state index contributed by atoms with van der Waals surface area (Å²) in [5.74, 6) is -1.05. The molecule has 1 fully saturated rings. The number of benzene rings is 2. The van der Waals surface area contributed by atoms with E-state index in [2.05, 4.69) is 5.32 Å². The van der Waals surface area contributed by atoms with Gasteiger partial charge < -0.3 is 15.0 Å². The number of rotatable bonds is 5. The average Bonchev–Trinajstić information content (AvgIpc) is 2.68. The molecule has 1 atom stereocenters. The molecule has 1 heterocycles. The van der Waals surface area contributed by atoms with Crippen LogP contribution in [0.5, 0.6) is 5.75 Å². The SMILES string of the molecule is O=C(Nc1ccccc1)[C@H]1CCCN(C(=O)COc2ccccc2F)C1. The lowest BCUT2D eigenvalue weighted by molar-refractivity contribution is -0.136. The second-order valence-electron chi connectivity index (χ2n) is 6.25. The molecule has 0 unspecified atom stereocenters. The van der Waals surface area contributed by atoms with E-state index in [1.165, 1.54) is 12.1 Å². The van der Waals surface area contributed by atoms with Gasteiger partial charge in [0.25, 0.3) is 5.91 Å². The van der Waals surface area contributed by atoms with E-state index < -0.39 is 5.82 Å². The molecule has 0 saturated carbocycles. The zero-order valence-corrected chi connectivity index (χ0v) is 14.4. The maximum absolute atomic E-state index is 13.6. The number of para-hydroxylation sites is 2. The van der Waals surface area contributed by atoms with Gasteiger partial charge in [-0.1, -0.05) is 30.3 Å². The summed E-state index contributed by atoms with van der Waals surface area (Å²) in [6.45, 7) is 0.681. The van der Waals surface area contributed by atoms with E-state index in [1.807, 2.05) is 30.3 Å². The first-order chi connectivity index (χ1) is 12.6. The van der Waals surface area contributed by atoms with Crippen molar-refractivity contribution in [2.24, 2.45) is 5.92 Å². The van der Waals surface area contributed by atoms with Crippen LogP contribution in [0.4, 0.5) is 10.1 Å². The quantitative estimate of drug-likeness (QED) is 0.896. The number of ether oxygens (including phenoxy) is 1. The highest BCUT2D eigenvalue weighted by molar-refractivity contribution is 5.93. The minimum Gasteiger partial charge on any atom is -0.481 e. The van der Waals surface area contributed by atoms with E-state index >= 15 is 0 Å². The van der Waals surface area contributed by atoms with Crippen LogP contribution in [-0.2, 0) is 9.59 Å². The van der Waals surface area contributed by atoms with Gasteiger partial charge in [0.2, 0.25) is 5.91 Å². The van der Waals surface area contributed by atoms with Gasteiger partial charge in [0.05, 0.1) is 5.92 Å². The highest BCUT2D eigenvalue weighted by Crippen LogP contribution is 2.20. The Balaban J connectivity index is 1.53. The molecule has 1 aliphatic heterocycles. The van der Waals surface area contributed by atoms with Crippen LogP contribution in [0.1, 0.15) is 12.8 Å². The van der Waals surface area contributed by atoms with Gasteiger partial charge in [0, 0.05) is 18.8 Å². The summed E-state index contributed by atoms with van der Waals surface area (Å²) in [7, 11) is 0. The Kier molecular flexibility index (Phi) is 5.84. The van der Waals surface area contributed by atoms with Gasteiger partial charge in [-0.05, 0) is 37.1 Å². The van der Waals surface area contributed by atoms with Gasteiger partial charge in [0.15, 0.2) is 18.2 Å². The third-order valence-electron chi connectivity index (χ3n) is 4.37. The summed E-state index contributed by atoms with van der Waals surface area (Å²) in [5.41, 5.74) is 0.740. The minimum absolute atomic E-state index is 0.0521. The lowest BCUT2D eigenvalue weighted by Crippen LogP contribution is -2.45. The summed E-state index contributed by atoms with van der Waals surface area (Å²) >= 11 is 0. The van der Waals surface area contributed by atoms with Crippen molar-refractivity contribution in [1.82, 2.24) is 4.90 Å². The van der Waals surface area contributed by atoms with Crippen molar-refractivity contribution >= 4 is 17.5 Å². The van der Waals surface area contributed by atoms with Crippen LogP contribution in [0.2, 0.25) is 0 Å². The first-order valence-electron chi connectivity index (χ1n) is 8.64. The van der Waals surface area contributed by atoms with Gasteiger partial charge in [0.1, 0.15) is 0 Å². The zero-order chi connectivity index (χ0) is 18.4. The highest BCUT2D eigenvalue weighted by Gasteiger charge is 2.28. The number of amides is 2. The average molecular weight is 356 g/mol. The Bertz CT molecular complexity index is 767. The fourth-order valence-corrected chi connectivity index (χ4v) is 2.98. The van der Waals surface area contributed by atoms with Crippen molar-refractivity contribution in [2.75, 3.05) is 25.0 Å². The number of likely N-dealkylation sites (tertiary alicyclic amines) is 1. The predicted octanol–water partition coefficient (Wildman–Crippen LogP) is 3.08. The number of anilines is 1.